The fraction of sp³-hybridized carbons (Fsp3) is 0.636. The van der Waals surface area contributed by atoms with Gasteiger partial charge in [-0.2, -0.15) is 5.26 Å². The second-order valence-electron chi connectivity index (χ2n) is 3.91. The molecule has 0 aromatic carbocycles. The number of rotatable bonds is 4. The summed E-state index contributed by atoms with van der Waals surface area (Å²) in [5.41, 5.74) is 0. The third-order valence-electron chi connectivity index (χ3n) is 2.83. The van der Waals surface area contributed by atoms with Gasteiger partial charge in [0, 0.05) is 44.2 Å². The molecule has 1 aliphatic rings. The van der Waals surface area contributed by atoms with E-state index < -0.39 is 0 Å². The highest BCUT2D eigenvalue weighted by Gasteiger charge is 2.17. The quantitative estimate of drug-likeness (QED) is 0.744. The number of nitrogens with zero attached hydrogens (tertiary/aromatic N) is 4. The van der Waals surface area contributed by atoms with Crippen LogP contribution in [0.4, 0.5) is 5.13 Å². The summed E-state index contributed by atoms with van der Waals surface area (Å²) in [7, 11) is 0. The standard InChI is InChI=1S/C11H16N4S/c12-3-1-2-5-14-6-8-15(9-7-14)11-13-4-10-16-11/h4,10H,1-2,5-9H2. The van der Waals surface area contributed by atoms with Crippen LogP contribution in [0.15, 0.2) is 11.6 Å². The zero-order valence-electron chi connectivity index (χ0n) is 9.30. The van der Waals surface area contributed by atoms with Crippen molar-refractivity contribution in [1.82, 2.24) is 9.88 Å². The molecule has 0 amide bonds. The van der Waals surface area contributed by atoms with Crippen LogP contribution in [0.25, 0.3) is 0 Å². The third-order valence-corrected chi connectivity index (χ3v) is 3.66. The predicted molar refractivity (Wildman–Crippen MR) is 65.6 cm³/mol. The van der Waals surface area contributed by atoms with Crippen molar-refractivity contribution in [3.63, 3.8) is 0 Å². The molecule has 1 saturated heterocycles. The summed E-state index contributed by atoms with van der Waals surface area (Å²) in [5.74, 6) is 0. The minimum atomic E-state index is 0.673. The van der Waals surface area contributed by atoms with E-state index in [0.717, 1.165) is 44.3 Å². The SMILES string of the molecule is N#CCCCN1CCN(c2nccs2)CC1. The second kappa shape index (κ2) is 5.83. The van der Waals surface area contributed by atoms with E-state index >= 15 is 0 Å². The molecule has 16 heavy (non-hydrogen) atoms. The van der Waals surface area contributed by atoms with Crippen molar-refractivity contribution in [2.24, 2.45) is 0 Å². The van der Waals surface area contributed by atoms with E-state index in [1.54, 1.807) is 11.3 Å². The Bertz CT molecular complexity index is 335. The van der Waals surface area contributed by atoms with Crippen molar-refractivity contribution in [3.8, 4) is 6.07 Å². The van der Waals surface area contributed by atoms with Gasteiger partial charge in [-0.25, -0.2) is 4.98 Å². The highest BCUT2D eigenvalue weighted by molar-refractivity contribution is 7.13. The first-order valence-electron chi connectivity index (χ1n) is 5.64. The summed E-state index contributed by atoms with van der Waals surface area (Å²) in [6.45, 7) is 5.34. The van der Waals surface area contributed by atoms with Crippen LogP contribution >= 0.6 is 11.3 Å². The van der Waals surface area contributed by atoms with Crippen LogP contribution in [0, 0.1) is 11.3 Å². The number of anilines is 1. The lowest BCUT2D eigenvalue weighted by Gasteiger charge is -2.34. The largest absolute Gasteiger partial charge is 0.346 e. The van der Waals surface area contributed by atoms with Gasteiger partial charge in [-0.05, 0) is 13.0 Å². The van der Waals surface area contributed by atoms with Gasteiger partial charge in [-0.3, -0.25) is 4.90 Å². The second-order valence-corrected chi connectivity index (χ2v) is 4.78. The Morgan fingerprint density at radius 2 is 2.19 bits per heavy atom. The van der Waals surface area contributed by atoms with Crippen molar-refractivity contribution < 1.29 is 0 Å². The van der Waals surface area contributed by atoms with Gasteiger partial charge in [0.1, 0.15) is 0 Å². The first-order chi connectivity index (χ1) is 7.90. The van der Waals surface area contributed by atoms with Crippen LogP contribution in [0.1, 0.15) is 12.8 Å². The average molecular weight is 236 g/mol. The van der Waals surface area contributed by atoms with Crippen molar-refractivity contribution >= 4 is 16.5 Å². The molecular formula is C11H16N4S. The van der Waals surface area contributed by atoms with Crippen LogP contribution in [0.2, 0.25) is 0 Å². The van der Waals surface area contributed by atoms with Crippen molar-refractivity contribution in [2.45, 2.75) is 12.8 Å². The summed E-state index contributed by atoms with van der Waals surface area (Å²) < 4.78 is 0. The lowest BCUT2D eigenvalue weighted by molar-refractivity contribution is 0.256. The summed E-state index contributed by atoms with van der Waals surface area (Å²) in [5, 5.41) is 11.6. The highest BCUT2D eigenvalue weighted by Crippen LogP contribution is 2.18. The first-order valence-corrected chi connectivity index (χ1v) is 6.52. The number of hydrogen-bond donors (Lipinski definition) is 0. The lowest BCUT2D eigenvalue weighted by Crippen LogP contribution is -2.46. The molecule has 2 heterocycles. The molecule has 0 bridgehead atoms. The molecule has 4 nitrogen and oxygen atoms in total. The zero-order chi connectivity index (χ0) is 11.2. The van der Waals surface area contributed by atoms with E-state index in [1.807, 2.05) is 11.6 Å². The van der Waals surface area contributed by atoms with E-state index in [-0.39, 0.29) is 0 Å². The Kier molecular flexibility index (Phi) is 4.14. The number of unbranched alkanes of at least 4 members (excludes halogenated alkanes) is 1. The van der Waals surface area contributed by atoms with Crippen LogP contribution in [0.3, 0.4) is 0 Å². The van der Waals surface area contributed by atoms with Gasteiger partial charge in [0.25, 0.3) is 0 Å². The Morgan fingerprint density at radius 1 is 1.38 bits per heavy atom. The topological polar surface area (TPSA) is 43.2 Å². The van der Waals surface area contributed by atoms with Gasteiger partial charge in [0.2, 0.25) is 0 Å². The molecule has 0 radical (unpaired) electrons. The molecule has 1 aromatic heterocycles. The molecule has 1 fully saturated rings. The van der Waals surface area contributed by atoms with Crippen LogP contribution < -0.4 is 4.90 Å². The van der Waals surface area contributed by atoms with Gasteiger partial charge >= 0.3 is 0 Å². The van der Waals surface area contributed by atoms with Crippen molar-refractivity contribution in [2.75, 3.05) is 37.6 Å². The third kappa shape index (κ3) is 2.94. The van der Waals surface area contributed by atoms with E-state index in [4.69, 9.17) is 5.26 Å². The Labute approximate surface area is 100 Å². The Hall–Kier alpha value is -1.12. The van der Waals surface area contributed by atoms with Crippen LogP contribution in [0.5, 0.6) is 0 Å². The molecule has 86 valence electrons. The zero-order valence-corrected chi connectivity index (χ0v) is 10.1. The smallest absolute Gasteiger partial charge is 0.185 e. The molecule has 5 heteroatoms. The minimum Gasteiger partial charge on any atom is -0.346 e. The number of piperazine rings is 1. The van der Waals surface area contributed by atoms with Crippen molar-refractivity contribution in [3.05, 3.63) is 11.6 Å². The van der Waals surface area contributed by atoms with E-state index in [0.29, 0.717) is 6.42 Å². The van der Waals surface area contributed by atoms with Gasteiger partial charge < -0.3 is 4.90 Å². The maximum Gasteiger partial charge on any atom is 0.185 e. The number of thiazole rings is 1. The molecule has 0 spiro atoms. The van der Waals surface area contributed by atoms with Gasteiger partial charge in [-0.15, -0.1) is 11.3 Å². The summed E-state index contributed by atoms with van der Waals surface area (Å²) in [4.78, 5) is 9.09. The molecular weight excluding hydrogens is 220 g/mol. The van der Waals surface area contributed by atoms with E-state index in [1.165, 1.54) is 0 Å². The molecule has 0 aliphatic carbocycles. The Morgan fingerprint density at radius 3 is 2.81 bits per heavy atom. The van der Waals surface area contributed by atoms with Gasteiger partial charge in [-0.1, -0.05) is 0 Å². The predicted octanol–water partition coefficient (Wildman–Crippen LogP) is 1.57. The highest BCUT2D eigenvalue weighted by atomic mass is 32.1. The summed E-state index contributed by atoms with van der Waals surface area (Å²) in [6.07, 6.45) is 3.53. The summed E-state index contributed by atoms with van der Waals surface area (Å²) >= 11 is 1.71. The minimum absolute atomic E-state index is 0.673. The van der Waals surface area contributed by atoms with Crippen LogP contribution in [-0.4, -0.2) is 42.6 Å². The normalized spacial score (nSPS) is 17.3. The van der Waals surface area contributed by atoms with Crippen molar-refractivity contribution in [1.29, 1.82) is 5.26 Å². The van der Waals surface area contributed by atoms with E-state index in [9.17, 15) is 0 Å². The fourth-order valence-electron chi connectivity index (χ4n) is 1.92. The molecule has 1 aliphatic heterocycles. The molecule has 1 aromatic rings. The van der Waals surface area contributed by atoms with Crippen LogP contribution in [-0.2, 0) is 0 Å². The van der Waals surface area contributed by atoms with Gasteiger partial charge in [0.05, 0.1) is 6.07 Å². The Balaban J connectivity index is 1.73. The maximum atomic E-state index is 8.48. The summed E-state index contributed by atoms with van der Waals surface area (Å²) in [6, 6.07) is 2.19. The maximum absolute atomic E-state index is 8.48. The van der Waals surface area contributed by atoms with Gasteiger partial charge in [0.15, 0.2) is 5.13 Å². The molecule has 0 N–H and O–H groups in total. The monoisotopic (exact) mass is 236 g/mol. The first kappa shape index (κ1) is 11.4. The average Bonchev–Trinajstić information content (AvgIpc) is 2.84. The number of aromatic nitrogens is 1. The molecule has 0 saturated carbocycles. The number of hydrogen-bond acceptors (Lipinski definition) is 5. The molecule has 2 rings (SSSR count). The molecule has 0 atom stereocenters. The lowest BCUT2D eigenvalue weighted by atomic mass is 10.2. The molecule has 0 unspecified atom stereocenters. The van der Waals surface area contributed by atoms with E-state index in [2.05, 4.69) is 20.9 Å². The number of nitriles is 1. The fourth-order valence-corrected chi connectivity index (χ4v) is 2.61.